The number of hydrogen-bond donors (Lipinski definition) is 1. The molecule has 3 heterocycles. The number of unbranched alkanes of at least 4 members (excludes halogenated alkanes) is 2. The van der Waals surface area contributed by atoms with Crippen molar-refractivity contribution >= 4 is 30.8 Å². The van der Waals surface area contributed by atoms with Gasteiger partial charge >= 0.3 is 12.1 Å². The van der Waals surface area contributed by atoms with Gasteiger partial charge in [0.15, 0.2) is 25.0 Å². The molecular weight excluding hydrogens is 819 g/mol. The second-order valence-electron chi connectivity index (χ2n) is 19.3. The molecule has 0 spiro atoms. The Balaban J connectivity index is 1.24. The maximum atomic E-state index is 12.7. The van der Waals surface area contributed by atoms with Gasteiger partial charge in [0, 0.05) is 37.5 Å². The summed E-state index contributed by atoms with van der Waals surface area (Å²) in [6.45, 7) is 21.3. The van der Waals surface area contributed by atoms with Crippen molar-refractivity contribution in [3.63, 3.8) is 0 Å². The fourth-order valence-electron chi connectivity index (χ4n) is 9.08. The number of fused-ring (bicyclic) bond motifs is 1. The standard InChI is InChI=1S/C50H71NO11Si/c1-33-34(2)45(58-40-31-55-46(61-42(33)40)37-23-15-11-16-24-37)60-43-35(3)44(57-36(4)52)47(54-30-22-14-21-29-51-48(53)62-49(5,6)7)59-41(43)32-56-63(50(8,9)10,38-25-17-12-18-26-38)39-27-19-13-20-28-39/h11-13,15-20,23-28,33-35,40-47H,14,21-22,29-32H2,1-10H3,(H,51,53)/t33-,34?,35+,40?,41?,42-,43+,44?,45+,46?,47-/m1/s1. The van der Waals surface area contributed by atoms with E-state index in [4.69, 9.17) is 42.3 Å². The lowest BCUT2D eigenvalue weighted by Crippen LogP contribution is -2.68. The van der Waals surface area contributed by atoms with Crippen LogP contribution < -0.4 is 15.7 Å². The number of alkyl carbamates (subject to hydrolysis) is 1. The van der Waals surface area contributed by atoms with Crippen molar-refractivity contribution in [3.8, 4) is 0 Å². The largest absolute Gasteiger partial charge is 0.457 e. The Morgan fingerprint density at radius 3 is 1.94 bits per heavy atom. The predicted octanol–water partition coefficient (Wildman–Crippen LogP) is 8.06. The Hall–Kier alpha value is -3.66. The van der Waals surface area contributed by atoms with Crippen LogP contribution in [-0.2, 0) is 47.1 Å². The van der Waals surface area contributed by atoms with Crippen LogP contribution in [0.4, 0.5) is 4.79 Å². The fourth-order valence-corrected chi connectivity index (χ4v) is 13.6. The number of esters is 1. The molecule has 346 valence electrons. The number of benzene rings is 3. The van der Waals surface area contributed by atoms with Crippen LogP contribution in [0.1, 0.15) is 100 Å². The molecule has 5 unspecified atom stereocenters. The molecule has 11 atom stereocenters. The average Bonchev–Trinajstić information content (AvgIpc) is 3.24. The second kappa shape index (κ2) is 21.6. The van der Waals surface area contributed by atoms with E-state index in [1.807, 2.05) is 70.2 Å². The summed E-state index contributed by atoms with van der Waals surface area (Å²) in [5.74, 6) is -0.836. The van der Waals surface area contributed by atoms with Crippen molar-refractivity contribution in [3.05, 3.63) is 96.6 Å². The molecule has 0 bridgehead atoms. The first-order valence-corrected chi connectivity index (χ1v) is 24.7. The zero-order valence-corrected chi connectivity index (χ0v) is 40.0. The van der Waals surface area contributed by atoms with Gasteiger partial charge in [0.1, 0.15) is 17.8 Å². The molecule has 0 aromatic heterocycles. The minimum absolute atomic E-state index is 0.0650. The predicted molar refractivity (Wildman–Crippen MR) is 243 cm³/mol. The van der Waals surface area contributed by atoms with Crippen molar-refractivity contribution < 1.29 is 51.9 Å². The summed E-state index contributed by atoms with van der Waals surface area (Å²) in [5, 5.41) is 4.82. The number of carbonyl (C=O) groups excluding carboxylic acids is 2. The number of carbonyl (C=O) groups is 2. The summed E-state index contributed by atoms with van der Waals surface area (Å²) >= 11 is 0. The van der Waals surface area contributed by atoms with Crippen LogP contribution in [0, 0.1) is 17.8 Å². The van der Waals surface area contributed by atoms with Gasteiger partial charge in [-0.3, -0.25) is 4.79 Å². The van der Waals surface area contributed by atoms with Gasteiger partial charge in [-0.1, -0.05) is 133 Å². The normalized spacial score (nSPS) is 29.0. The van der Waals surface area contributed by atoms with Crippen LogP contribution in [0.25, 0.3) is 0 Å². The molecule has 1 amide bonds. The zero-order chi connectivity index (χ0) is 45.4. The maximum Gasteiger partial charge on any atom is 0.407 e. The molecule has 3 aromatic rings. The van der Waals surface area contributed by atoms with Gasteiger partial charge in [0.2, 0.25) is 0 Å². The number of amides is 1. The van der Waals surface area contributed by atoms with Crippen LogP contribution in [-0.4, -0.2) is 95.4 Å². The summed E-state index contributed by atoms with van der Waals surface area (Å²) < 4.78 is 59.0. The molecule has 6 rings (SSSR count). The van der Waals surface area contributed by atoms with Crippen LogP contribution in [0.2, 0.25) is 5.04 Å². The Labute approximate surface area is 376 Å². The van der Waals surface area contributed by atoms with E-state index in [0.29, 0.717) is 26.2 Å². The Morgan fingerprint density at radius 1 is 0.730 bits per heavy atom. The molecule has 0 saturated carbocycles. The molecule has 3 saturated heterocycles. The molecule has 12 nitrogen and oxygen atoms in total. The van der Waals surface area contributed by atoms with E-state index in [2.05, 4.69) is 88.5 Å². The highest BCUT2D eigenvalue weighted by molar-refractivity contribution is 6.99. The van der Waals surface area contributed by atoms with Gasteiger partial charge in [0.05, 0.1) is 25.4 Å². The smallest absolute Gasteiger partial charge is 0.407 e. The van der Waals surface area contributed by atoms with Gasteiger partial charge < -0.3 is 47.6 Å². The highest BCUT2D eigenvalue weighted by atomic mass is 28.4. The van der Waals surface area contributed by atoms with Crippen molar-refractivity contribution in [2.45, 2.75) is 149 Å². The summed E-state index contributed by atoms with van der Waals surface area (Å²) in [6.07, 6.45) is -2.80. The highest BCUT2D eigenvalue weighted by Gasteiger charge is 2.55. The van der Waals surface area contributed by atoms with E-state index < -0.39 is 63.2 Å². The van der Waals surface area contributed by atoms with E-state index >= 15 is 0 Å². The Kier molecular flexibility index (Phi) is 16.7. The second-order valence-corrected chi connectivity index (χ2v) is 23.7. The third-order valence-electron chi connectivity index (χ3n) is 12.4. The molecule has 1 N–H and O–H groups in total. The molecule has 0 radical (unpaired) electrons. The molecule has 0 aliphatic carbocycles. The van der Waals surface area contributed by atoms with Crippen molar-refractivity contribution in [1.29, 1.82) is 0 Å². The van der Waals surface area contributed by atoms with Gasteiger partial charge in [-0.2, -0.15) is 0 Å². The lowest BCUT2D eigenvalue weighted by Gasteiger charge is -2.51. The van der Waals surface area contributed by atoms with E-state index in [0.717, 1.165) is 28.8 Å². The molecule has 3 aliphatic rings. The molecular formula is C50H71NO11Si. The van der Waals surface area contributed by atoms with Crippen molar-refractivity contribution in [2.24, 2.45) is 17.8 Å². The van der Waals surface area contributed by atoms with Crippen LogP contribution in [0.3, 0.4) is 0 Å². The monoisotopic (exact) mass is 889 g/mol. The average molecular weight is 890 g/mol. The molecule has 3 aromatic carbocycles. The van der Waals surface area contributed by atoms with Gasteiger partial charge in [-0.05, 0) is 61.4 Å². The SMILES string of the molecule is CC(=O)OC1[C@H](OCCCCCNC(=O)OC(C)(C)C)OC(CO[Si](c2ccccc2)(c2ccccc2)C(C)(C)C)[C@@H](O[C@@H]2OC3COC(c4ccccc4)O[C@@H]3[C@H](C)C2C)[C@@H]1C. The van der Waals surface area contributed by atoms with Crippen molar-refractivity contribution in [1.82, 2.24) is 5.32 Å². The molecule has 63 heavy (non-hydrogen) atoms. The van der Waals surface area contributed by atoms with E-state index in [1.54, 1.807) is 0 Å². The summed E-state index contributed by atoms with van der Waals surface area (Å²) in [5.41, 5.74) is 0.407. The summed E-state index contributed by atoms with van der Waals surface area (Å²) in [4.78, 5) is 24.9. The van der Waals surface area contributed by atoms with Crippen molar-refractivity contribution in [2.75, 3.05) is 26.4 Å². The topological polar surface area (TPSA) is 129 Å². The first-order valence-electron chi connectivity index (χ1n) is 22.8. The minimum Gasteiger partial charge on any atom is -0.457 e. The third kappa shape index (κ3) is 12.2. The molecule has 13 heteroatoms. The first-order chi connectivity index (χ1) is 30.0. The van der Waals surface area contributed by atoms with Gasteiger partial charge in [0.25, 0.3) is 8.32 Å². The number of nitrogens with one attached hydrogen (secondary N) is 1. The summed E-state index contributed by atoms with van der Waals surface area (Å²) in [7, 11) is -3.02. The Morgan fingerprint density at radius 2 is 1.35 bits per heavy atom. The van der Waals surface area contributed by atoms with Crippen LogP contribution >= 0.6 is 0 Å². The molecule has 3 fully saturated rings. The third-order valence-corrected chi connectivity index (χ3v) is 17.4. The quantitative estimate of drug-likeness (QED) is 0.0852. The number of ether oxygens (including phenoxy) is 8. The minimum atomic E-state index is -3.02. The van der Waals surface area contributed by atoms with E-state index in [-0.39, 0.29) is 41.6 Å². The lowest BCUT2D eigenvalue weighted by molar-refractivity contribution is -0.368. The Bertz CT molecular complexity index is 1830. The molecule has 3 aliphatic heterocycles. The number of hydrogen-bond acceptors (Lipinski definition) is 11. The van der Waals surface area contributed by atoms with E-state index in [1.165, 1.54) is 6.92 Å². The fraction of sp³-hybridized carbons (Fsp3) is 0.600. The summed E-state index contributed by atoms with van der Waals surface area (Å²) in [6, 6.07) is 31.0. The zero-order valence-electron chi connectivity index (χ0n) is 39.0. The van der Waals surface area contributed by atoms with Gasteiger partial charge in [-0.25, -0.2) is 4.79 Å². The van der Waals surface area contributed by atoms with Gasteiger partial charge in [-0.15, -0.1) is 0 Å². The first kappa shape index (κ1) is 48.8. The van der Waals surface area contributed by atoms with E-state index in [9.17, 15) is 9.59 Å². The highest BCUT2D eigenvalue weighted by Crippen LogP contribution is 2.43. The van der Waals surface area contributed by atoms with Crippen LogP contribution in [0.15, 0.2) is 91.0 Å². The number of rotatable bonds is 16. The lowest BCUT2D eigenvalue weighted by atomic mass is 9.83. The maximum absolute atomic E-state index is 12.7. The van der Waals surface area contributed by atoms with Crippen LogP contribution in [0.5, 0.6) is 0 Å².